The molecular formula is C25H27FN4O3. The molecule has 4 rings (SSSR count). The van der Waals surface area contributed by atoms with Gasteiger partial charge in [-0.3, -0.25) is 4.79 Å². The number of carbonyl (C=O) groups is 1. The van der Waals surface area contributed by atoms with Gasteiger partial charge >= 0.3 is 0 Å². The van der Waals surface area contributed by atoms with Crippen LogP contribution in [0, 0.1) is 5.82 Å². The molecule has 172 valence electrons. The molecule has 0 atom stereocenters. The van der Waals surface area contributed by atoms with Gasteiger partial charge in [-0.1, -0.05) is 12.1 Å². The van der Waals surface area contributed by atoms with Crippen molar-refractivity contribution in [2.24, 2.45) is 0 Å². The van der Waals surface area contributed by atoms with Crippen molar-refractivity contribution < 1.29 is 18.7 Å². The zero-order valence-corrected chi connectivity index (χ0v) is 19.0. The van der Waals surface area contributed by atoms with Crippen molar-refractivity contribution in [2.45, 2.75) is 19.9 Å². The third-order valence-corrected chi connectivity index (χ3v) is 5.52. The van der Waals surface area contributed by atoms with Gasteiger partial charge in [0.15, 0.2) is 0 Å². The van der Waals surface area contributed by atoms with Gasteiger partial charge in [-0.25, -0.2) is 14.4 Å². The number of aromatic nitrogens is 2. The Balaban J connectivity index is 1.80. The average molecular weight is 451 g/mol. The van der Waals surface area contributed by atoms with E-state index in [0.29, 0.717) is 43.7 Å². The number of ether oxygens (including phenoxy) is 2. The Morgan fingerprint density at radius 2 is 1.82 bits per heavy atom. The van der Waals surface area contributed by atoms with E-state index >= 15 is 0 Å². The molecule has 0 N–H and O–H groups in total. The van der Waals surface area contributed by atoms with Gasteiger partial charge in [0.25, 0.3) is 5.91 Å². The van der Waals surface area contributed by atoms with Crippen LogP contribution in [0.3, 0.4) is 0 Å². The monoisotopic (exact) mass is 450 g/mol. The standard InChI is InChI=1S/C25H27FN4O3/c1-17(2)30(18-8-10-19(32-3)11-9-18)24(31)21-16-27-25(29-12-14-33-15-13-29)28-23(21)20-6-4-5-7-22(20)26/h4-11,16-17H,12-15H2,1-3H3. The van der Waals surface area contributed by atoms with Crippen molar-refractivity contribution in [1.29, 1.82) is 0 Å². The number of methoxy groups -OCH3 is 1. The molecule has 3 aromatic rings. The summed E-state index contributed by atoms with van der Waals surface area (Å²) in [5.41, 5.74) is 1.47. The van der Waals surface area contributed by atoms with Crippen LogP contribution in [0.1, 0.15) is 24.2 Å². The lowest BCUT2D eigenvalue weighted by Crippen LogP contribution is -2.39. The Hall–Kier alpha value is -3.52. The number of halogens is 1. The lowest BCUT2D eigenvalue weighted by Gasteiger charge is -2.29. The maximum atomic E-state index is 14.8. The topological polar surface area (TPSA) is 67.8 Å². The normalized spacial score (nSPS) is 13.8. The van der Waals surface area contributed by atoms with Crippen LogP contribution in [-0.2, 0) is 4.74 Å². The van der Waals surface area contributed by atoms with Gasteiger partial charge in [0.2, 0.25) is 5.95 Å². The summed E-state index contributed by atoms with van der Waals surface area (Å²) in [6.45, 7) is 6.25. The van der Waals surface area contributed by atoms with Crippen molar-refractivity contribution in [3.05, 3.63) is 66.1 Å². The molecule has 2 aromatic carbocycles. The molecule has 7 nitrogen and oxygen atoms in total. The summed E-state index contributed by atoms with van der Waals surface area (Å²) in [4.78, 5) is 26.6. The van der Waals surface area contributed by atoms with Gasteiger partial charge in [-0.05, 0) is 50.2 Å². The Morgan fingerprint density at radius 3 is 2.45 bits per heavy atom. The fraction of sp³-hybridized carbons (Fsp3) is 0.320. The maximum absolute atomic E-state index is 14.8. The van der Waals surface area contributed by atoms with Gasteiger partial charge < -0.3 is 19.3 Å². The van der Waals surface area contributed by atoms with Crippen LogP contribution in [0.5, 0.6) is 5.75 Å². The van der Waals surface area contributed by atoms with Gasteiger partial charge in [-0.2, -0.15) is 0 Å². The molecule has 1 saturated heterocycles. The highest BCUT2D eigenvalue weighted by atomic mass is 19.1. The quantitative estimate of drug-likeness (QED) is 0.561. The van der Waals surface area contributed by atoms with Crippen LogP contribution in [0.25, 0.3) is 11.3 Å². The molecule has 1 fully saturated rings. The molecule has 0 radical (unpaired) electrons. The van der Waals surface area contributed by atoms with E-state index in [1.807, 2.05) is 30.9 Å². The molecule has 0 bridgehead atoms. The van der Waals surface area contributed by atoms with E-state index < -0.39 is 5.82 Å². The highest BCUT2D eigenvalue weighted by Crippen LogP contribution is 2.30. The highest BCUT2D eigenvalue weighted by molar-refractivity contribution is 6.10. The van der Waals surface area contributed by atoms with Crippen molar-refractivity contribution in [3.63, 3.8) is 0 Å². The third-order valence-electron chi connectivity index (χ3n) is 5.52. The maximum Gasteiger partial charge on any atom is 0.262 e. The molecule has 8 heteroatoms. The number of nitrogens with zero attached hydrogens (tertiary/aromatic N) is 4. The predicted molar refractivity (Wildman–Crippen MR) is 125 cm³/mol. The first-order valence-electron chi connectivity index (χ1n) is 10.9. The van der Waals surface area contributed by atoms with Crippen molar-refractivity contribution in [2.75, 3.05) is 43.2 Å². The smallest absolute Gasteiger partial charge is 0.262 e. The van der Waals surface area contributed by atoms with Crippen LogP contribution >= 0.6 is 0 Å². The summed E-state index contributed by atoms with van der Waals surface area (Å²) in [7, 11) is 1.59. The minimum atomic E-state index is -0.446. The van der Waals surface area contributed by atoms with Crippen LogP contribution in [0.4, 0.5) is 16.0 Å². The Labute approximate surface area is 192 Å². The third kappa shape index (κ3) is 4.80. The van der Waals surface area contributed by atoms with Crippen LogP contribution in [0.15, 0.2) is 54.7 Å². The summed E-state index contributed by atoms with van der Waals surface area (Å²) in [6.07, 6.45) is 1.50. The molecule has 1 aliphatic rings. The Morgan fingerprint density at radius 1 is 1.12 bits per heavy atom. The predicted octanol–water partition coefficient (Wildman–Crippen LogP) is 4.18. The van der Waals surface area contributed by atoms with E-state index in [1.54, 1.807) is 42.3 Å². The van der Waals surface area contributed by atoms with E-state index in [9.17, 15) is 9.18 Å². The minimum Gasteiger partial charge on any atom is -0.497 e. The fourth-order valence-electron chi connectivity index (χ4n) is 3.83. The number of rotatable bonds is 6. The summed E-state index contributed by atoms with van der Waals surface area (Å²) < 4.78 is 25.5. The van der Waals surface area contributed by atoms with Crippen molar-refractivity contribution in [3.8, 4) is 17.0 Å². The minimum absolute atomic E-state index is 0.154. The van der Waals surface area contributed by atoms with E-state index in [4.69, 9.17) is 9.47 Å². The van der Waals surface area contributed by atoms with E-state index in [0.717, 1.165) is 0 Å². The van der Waals surface area contributed by atoms with E-state index in [2.05, 4.69) is 9.97 Å². The van der Waals surface area contributed by atoms with Crippen molar-refractivity contribution in [1.82, 2.24) is 9.97 Å². The first-order chi connectivity index (χ1) is 16.0. The Bertz CT molecular complexity index is 1110. The van der Waals surface area contributed by atoms with Gasteiger partial charge in [0.1, 0.15) is 11.6 Å². The van der Waals surface area contributed by atoms with Crippen LogP contribution in [0.2, 0.25) is 0 Å². The molecule has 0 aliphatic carbocycles. The van der Waals surface area contributed by atoms with E-state index in [-0.39, 0.29) is 28.8 Å². The molecule has 2 heterocycles. The number of benzene rings is 2. The molecule has 1 amide bonds. The second-order valence-corrected chi connectivity index (χ2v) is 7.98. The molecule has 1 aromatic heterocycles. The molecular weight excluding hydrogens is 423 g/mol. The van der Waals surface area contributed by atoms with Gasteiger partial charge in [0, 0.05) is 36.6 Å². The van der Waals surface area contributed by atoms with Gasteiger partial charge in [0.05, 0.1) is 31.6 Å². The molecule has 0 unspecified atom stereocenters. The number of carbonyl (C=O) groups excluding carboxylic acids is 1. The average Bonchev–Trinajstić information content (AvgIpc) is 2.85. The van der Waals surface area contributed by atoms with Crippen LogP contribution < -0.4 is 14.5 Å². The fourth-order valence-corrected chi connectivity index (χ4v) is 3.83. The lowest BCUT2D eigenvalue weighted by atomic mass is 10.0. The molecule has 0 saturated carbocycles. The molecule has 33 heavy (non-hydrogen) atoms. The first-order valence-corrected chi connectivity index (χ1v) is 10.9. The molecule has 1 aliphatic heterocycles. The number of morpholine rings is 1. The number of hydrogen-bond donors (Lipinski definition) is 0. The zero-order chi connectivity index (χ0) is 23.4. The van der Waals surface area contributed by atoms with E-state index in [1.165, 1.54) is 12.3 Å². The second kappa shape index (κ2) is 9.95. The summed E-state index contributed by atoms with van der Waals surface area (Å²) >= 11 is 0. The highest BCUT2D eigenvalue weighted by Gasteiger charge is 2.27. The summed E-state index contributed by atoms with van der Waals surface area (Å²) in [5.74, 6) is 0.398. The van der Waals surface area contributed by atoms with Gasteiger partial charge in [-0.15, -0.1) is 0 Å². The number of amides is 1. The zero-order valence-electron chi connectivity index (χ0n) is 19.0. The van der Waals surface area contributed by atoms with Crippen molar-refractivity contribution >= 4 is 17.5 Å². The Kier molecular flexibility index (Phi) is 6.84. The molecule has 0 spiro atoms. The largest absolute Gasteiger partial charge is 0.497 e. The second-order valence-electron chi connectivity index (χ2n) is 7.98. The first kappa shape index (κ1) is 22.7. The SMILES string of the molecule is COc1ccc(N(C(=O)c2cnc(N3CCOCC3)nc2-c2ccccc2F)C(C)C)cc1. The summed E-state index contributed by atoms with van der Waals surface area (Å²) in [6, 6.07) is 13.4. The number of hydrogen-bond acceptors (Lipinski definition) is 6. The lowest BCUT2D eigenvalue weighted by molar-refractivity contribution is 0.0980. The number of anilines is 2. The summed E-state index contributed by atoms with van der Waals surface area (Å²) in [5, 5.41) is 0. The van der Waals surface area contributed by atoms with Crippen LogP contribution in [-0.4, -0.2) is 55.3 Å².